The molecule has 1 fully saturated rings. The van der Waals surface area contributed by atoms with Crippen LogP contribution in [-0.2, 0) is 4.74 Å². The molecule has 0 aliphatic carbocycles. The van der Waals surface area contributed by atoms with Crippen LogP contribution < -0.4 is 4.90 Å². The molecule has 1 aliphatic rings. The van der Waals surface area contributed by atoms with Crippen LogP contribution in [0.2, 0.25) is 0 Å². The van der Waals surface area contributed by atoms with E-state index < -0.39 is 0 Å². The van der Waals surface area contributed by atoms with Gasteiger partial charge in [-0.2, -0.15) is 0 Å². The van der Waals surface area contributed by atoms with Crippen molar-refractivity contribution >= 4 is 28.5 Å². The fraction of sp³-hybridized carbons (Fsp3) is 0.286. The lowest BCUT2D eigenvalue weighted by Crippen LogP contribution is -2.37. The Morgan fingerprint density at radius 2 is 1.79 bits per heavy atom. The molecule has 0 spiro atoms. The third-order valence-electron chi connectivity index (χ3n) is 3.05. The second kappa shape index (κ2) is 5.83. The zero-order valence-corrected chi connectivity index (χ0v) is 12.6. The van der Waals surface area contributed by atoms with Crippen LogP contribution in [-0.4, -0.2) is 36.3 Å². The number of benzene rings is 1. The normalized spacial score (nSPS) is 15.5. The summed E-state index contributed by atoms with van der Waals surface area (Å²) in [5, 5.41) is 0. The van der Waals surface area contributed by atoms with Crippen molar-refractivity contribution < 1.29 is 4.74 Å². The second-order valence-corrected chi connectivity index (χ2v) is 5.45. The number of nitrogens with zero attached hydrogens (tertiary/aromatic N) is 3. The van der Waals surface area contributed by atoms with E-state index in [-0.39, 0.29) is 0 Å². The number of aromatic nitrogens is 2. The van der Waals surface area contributed by atoms with Crippen LogP contribution in [0.1, 0.15) is 0 Å². The Morgan fingerprint density at radius 3 is 2.53 bits per heavy atom. The molecule has 3 rings (SSSR count). The first-order chi connectivity index (χ1) is 9.33. The lowest BCUT2D eigenvalue weighted by atomic mass is 10.1. The summed E-state index contributed by atoms with van der Waals surface area (Å²) in [5.74, 6) is 0.800. The lowest BCUT2D eigenvalue weighted by molar-refractivity contribution is 0.122. The first-order valence-corrected chi connectivity index (χ1v) is 7.33. The van der Waals surface area contributed by atoms with Crippen molar-refractivity contribution in [1.29, 1.82) is 0 Å². The van der Waals surface area contributed by atoms with Gasteiger partial charge in [0, 0.05) is 18.7 Å². The molecule has 0 saturated carbocycles. The maximum atomic E-state index is 5.37. The topological polar surface area (TPSA) is 38.2 Å². The average Bonchev–Trinajstić information content (AvgIpc) is 2.48. The lowest BCUT2D eigenvalue weighted by Gasteiger charge is -2.27. The number of anilines is 1. The van der Waals surface area contributed by atoms with Crippen LogP contribution in [0, 0.1) is 3.70 Å². The van der Waals surface area contributed by atoms with Gasteiger partial charge in [-0.3, -0.25) is 0 Å². The predicted octanol–water partition coefficient (Wildman–Crippen LogP) is 2.58. The Labute approximate surface area is 126 Å². The van der Waals surface area contributed by atoms with Gasteiger partial charge in [0.1, 0.15) is 3.70 Å². The maximum absolute atomic E-state index is 5.37. The highest BCUT2D eigenvalue weighted by Crippen LogP contribution is 2.21. The highest BCUT2D eigenvalue weighted by atomic mass is 127. The molecule has 2 aromatic rings. The SMILES string of the molecule is Ic1cc(-c2ccccc2)nc(N2CCOCC2)n1. The molecule has 4 nitrogen and oxygen atoms in total. The number of halogens is 1. The number of ether oxygens (including phenoxy) is 1. The van der Waals surface area contributed by atoms with Crippen molar-refractivity contribution in [2.75, 3.05) is 31.2 Å². The van der Waals surface area contributed by atoms with Gasteiger partial charge in [-0.1, -0.05) is 30.3 Å². The molecule has 98 valence electrons. The molecule has 0 radical (unpaired) electrons. The molecule has 0 amide bonds. The summed E-state index contributed by atoms with van der Waals surface area (Å²) in [7, 11) is 0. The average molecular weight is 367 g/mol. The van der Waals surface area contributed by atoms with Crippen molar-refractivity contribution in [2.45, 2.75) is 0 Å². The monoisotopic (exact) mass is 367 g/mol. The number of hydrogen-bond donors (Lipinski definition) is 0. The third kappa shape index (κ3) is 3.03. The first kappa shape index (κ1) is 12.8. The molecule has 1 saturated heterocycles. The van der Waals surface area contributed by atoms with Crippen molar-refractivity contribution in [1.82, 2.24) is 9.97 Å². The van der Waals surface area contributed by atoms with E-state index >= 15 is 0 Å². The van der Waals surface area contributed by atoms with Gasteiger partial charge in [-0.25, -0.2) is 9.97 Å². The van der Waals surface area contributed by atoms with Gasteiger partial charge in [-0.05, 0) is 28.7 Å². The summed E-state index contributed by atoms with van der Waals surface area (Å²) in [5.41, 5.74) is 2.10. The maximum Gasteiger partial charge on any atom is 0.227 e. The van der Waals surface area contributed by atoms with Gasteiger partial charge in [-0.15, -0.1) is 0 Å². The van der Waals surface area contributed by atoms with Gasteiger partial charge in [0.15, 0.2) is 0 Å². The Hall–Kier alpha value is -1.21. The smallest absolute Gasteiger partial charge is 0.227 e. The Morgan fingerprint density at radius 1 is 1.05 bits per heavy atom. The molecule has 0 N–H and O–H groups in total. The zero-order chi connectivity index (χ0) is 13.1. The summed E-state index contributed by atoms with van der Waals surface area (Å²) in [6, 6.07) is 12.2. The van der Waals surface area contributed by atoms with Gasteiger partial charge in [0.2, 0.25) is 5.95 Å². The number of hydrogen-bond acceptors (Lipinski definition) is 4. The molecule has 19 heavy (non-hydrogen) atoms. The van der Waals surface area contributed by atoms with Crippen molar-refractivity contribution in [3.63, 3.8) is 0 Å². The van der Waals surface area contributed by atoms with Gasteiger partial charge >= 0.3 is 0 Å². The molecule has 1 aromatic carbocycles. The van der Waals surface area contributed by atoms with Crippen LogP contribution >= 0.6 is 22.6 Å². The molecule has 0 atom stereocenters. The quantitative estimate of drug-likeness (QED) is 0.604. The number of morpholine rings is 1. The minimum Gasteiger partial charge on any atom is -0.378 e. The van der Waals surface area contributed by atoms with E-state index in [0.717, 1.165) is 47.2 Å². The van der Waals surface area contributed by atoms with Crippen LogP contribution in [0.3, 0.4) is 0 Å². The summed E-state index contributed by atoms with van der Waals surface area (Å²) < 4.78 is 6.33. The van der Waals surface area contributed by atoms with E-state index in [9.17, 15) is 0 Å². The molecule has 5 heteroatoms. The molecule has 0 bridgehead atoms. The third-order valence-corrected chi connectivity index (χ3v) is 3.60. The minimum atomic E-state index is 0.746. The van der Waals surface area contributed by atoms with Gasteiger partial charge in [0.25, 0.3) is 0 Å². The Bertz CT molecular complexity index is 556. The van der Waals surface area contributed by atoms with E-state index in [2.05, 4.69) is 49.6 Å². The van der Waals surface area contributed by atoms with E-state index in [4.69, 9.17) is 4.74 Å². The highest BCUT2D eigenvalue weighted by Gasteiger charge is 2.15. The number of rotatable bonds is 2. The Kier molecular flexibility index (Phi) is 3.93. The minimum absolute atomic E-state index is 0.746. The fourth-order valence-corrected chi connectivity index (χ4v) is 2.58. The largest absolute Gasteiger partial charge is 0.378 e. The predicted molar refractivity (Wildman–Crippen MR) is 83.2 cm³/mol. The van der Waals surface area contributed by atoms with Crippen LogP contribution in [0.25, 0.3) is 11.3 Å². The van der Waals surface area contributed by atoms with Crippen LogP contribution in [0.15, 0.2) is 36.4 Å². The van der Waals surface area contributed by atoms with Crippen LogP contribution in [0.5, 0.6) is 0 Å². The molecular weight excluding hydrogens is 353 g/mol. The molecule has 0 unspecified atom stereocenters. The first-order valence-electron chi connectivity index (χ1n) is 6.25. The molecular formula is C14H14IN3O. The molecule has 2 heterocycles. The second-order valence-electron chi connectivity index (χ2n) is 4.34. The van der Waals surface area contributed by atoms with E-state index in [0.29, 0.717) is 0 Å². The molecule has 1 aromatic heterocycles. The van der Waals surface area contributed by atoms with Crippen LogP contribution in [0.4, 0.5) is 5.95 Å². The standard InChI is InChI=1S/C14H14IN3O/c15-13-10-12(11-4-2-1-3-5-11)16-14(17-13)18-6-8-19-9-7-18/h1-5,10H,6-9H2. The summed E-state index contributed by atoms with van der Waals surface area (Å²) >= 11 is 2.24. The van der Waals surface area contributed by atoms with E-state index in [1.54, 1.807) is 0 Å². The van der Waals surface area contributed by atoms with E-state index in [1.165, 1.54) is 0 Å². The summed E-state index contributed by atoms with van der Waals surface area (Å²) in [6.45, 7) is 3.20. The van der Waals surface area contributed by atoms with Crippen molar-refractivity contribution in [3.8, 4) is 11.3 Å². The summed E-state index contributed by atoms with van der Waals surface area (Å²) in [4.78, 5) is 11.4. The van der Waals surface area contributed by atoms with Gasteiger partial charge < -0.3 is 9.64 Å². The van der Waals surface area contributed by atoms with Crippen molar-refractivity contribution in [2.24, 2.45) is 0 Å². The summed E-state index contributed by atoms with van der Waals surface area (Å²) in [6.07, 6.45) is 0. The Balaban J connectivity index is 1.96. The zero-order valence-electron chi connectivity index (χ0n) is 10.4. The highest BCUT2D eigenvalue weighted by molar-refractivity contribution is 14.1. The molecule has 1 aliphatic heterocycles. The van der Waals surface area contributed by atoms with Crippen molar-refractivity contribution in [3.05, 3.63) is 40.1 Å². The van der Waals surface area contributed by atoms with E-state index in [1.807, 2.05) is 24.3 Å². The fourth-order valence-electron chi connectivity index (χ4n) is 2.07. The van der Waals surface area contributed by atoms with Gasteiger partial charge in [0.05, 0.1) is 18.9 Å².